The maximum Gasteiger partial charge on any atom is 0.134 e. The summed E-state index contributed by atoms with van der Waals surface area (Å²) in [6.07, 6.45) is -0.443. The van der Waals surface area contributed by atoms with Crippen molar-refractivity contribution < 1.29 is 14.3 Å². The third-order valence-corrected chi connectivity index (χ3v) is 3.12. The van der Waals surface area contributed by atoms with E-state index in [-0.39, 0.29) is 0 Å². The first-order valence-electron chi connectivity index (χ1n) is 6.77. The lowest BCUT2D eigenvalue weighted by Crippen LogP contribution is -2.18. The van der Waals surface area contributed by atoms with Crippen molar-refractivity contribution in [3.05, 3.63) is 47.7 Å². The van der Waals surface area contributed by atoms with Crippen molar-refractivity contribution >= 4 is 0 Å². The Morgan fingerprint density at radius 2 is 1.95 bits per heavy atom. The fraction of sp³-hybridized carbons (Fsp3) is 0.375. The number of nitrogens with one attached hydrogen (secondary N) is 1. The SMILES string of the molecule is COCCNCc1ccc(-c2ccc([C@H](C)O)cc2)o1. The molecule has 0 saturated heterocycles. The number of aliphatic hydroxyl groups is 1. The summed E-state index contributed by atoms with van der Waals surface area (Å²) >= 11 is 0. The molecule has 108 valence electrons. The Morgan fingerprint density at radius 1 is 1.20 bits per heavy atom. The zero-order valence-electron chi connectivity index (χ0n) is 11.9. The van der Waals surface area contributed by atoms with Crippen molar-refractivity contribution in [2.75, 3.05) is 20.3 Å². The van der Waals surface area contributed by atoms with Gasteiger partial charge in [0.05, 0.1) is 19.3 Å². The molecule has 0 radical (unpaired) electrons. The zero-order valence-corrected chi connectivity index (χ0v) is 11.9. The molecule has 0 saturated carbocycles. The van der Waals surface area contributed by atoms with Crippen LogP contribution in [0.1, 0.15) is 24.4 Å². The minimum Gasteiger partial charge on any atom is -0.460 e. The minimum atomic E-state index is -0.443. The predicted molar refractivity (Wildman–Crippen MR) is 78.4 cm³/mol. The molecule has 2 aromatic rings. The lowest BCUT2D eigenvalue weighted by molar-refractivity contribution is 0.198. The molecule has 0 aliphatic heterocycles. The van der Waals surface area contributed by atoms with E-state index in [4.69, 9.17) is 9.15 Å². The number of hydrogen-bond acceptors (Lipinski definition) is 4. The summed E-state index contributed by atoms with van der Waals surface area (Å²) in [5.74, 6) is 1.74. The Hall–Kier alpha value is -1.62. The fourth-order valence-electron chi connectivity index (χ4n) is 1.94. The average molecular weight is 275 g/mol. The molecule has 0 aliphatic rings. The summed E-state index contributed by atoms with van der Waals surface area (Å²) in [7, 11) is 1.68. The Kier molecular flexibility index (Phi) is 5.35. The largest absolute Gasteiger partial charge is 0.460 e. The van der Waals surface area contributed by atoms with E-state index in [0.717, 1.165) is 29.2 Å². The lowest BCUT2D eigenvalue weighted by atomic mass is 10.1. The van der Waals surface area contributed by atoms with Crippen LogP contribution in [-0.2, 0) is 11.3 Å². The van der Waals surface area contributed by atoms with Gasteiger partial charge in [-0.3, -0.25) is 0 Å². The Bertz CT molecular complexity index is 517. The number of methoxy groups -OCH3 is 1. The fourth-order valence-corrected chi connectivity index (χ4v) is 1.94. The van der Waals surface area contributed by atoms with Gasteiger partial charge in [0.1, 0.15) is 11.5 Å². The van der Waals surface area contributed by atoms with Crippen LogP contribution >= 0.6 is 0 Å². The van der Waals surface area contributed by atoms with Crippen molar-refractivity contribution in [3.63, 3.8) is 0 Å². The van der Waals surface area contributed by atoms with Gasteiger partial charge in [0.15, 0.2) is 0 Å². The quantitative estimate of drug-likeness (QED) is 0.763. The second kappa shape index (κ2) is 7.24. The van der Waals surface area contributed by atoms with Gasteiger partial charge in [-0.2, -0.15) is 0 Å². The van der Waals surface area contributed by atoms with Crippen LogP contribution in [0.4, 0.5) is 0 Å². The molecule has 0 amide bonds. The second-order valence-electron chi connectivity index (χ2n) is 4.73. The molecule has 2 N–H and O–H groups in total. The molecular weight excluding hydrogens is 254 g/mol. The third-order valence-electron chi connectivity index (χ3n) is 3.12. The van der Waals surface area contributed by atoms with Crippen molar-refractivity contribution in [2.24, 2.45) is 0 Å². The van der Waals surface area contributed by atoms with Crippen LogP contribution in [0.2, 0.25) is 0 Å². The van der Waals surface area contributed by atoms with Gasteiger partial charge in [-0.25, -0.2) is 0 Å². The van der Waals surface area contributed by atoms with E-state index >= 15 is 0 Å². The van der Waals surface area contributed by atoms with Gasteiger partial charge in [-0.05, 0) is 24.6 Å². The van der Waals surface area contributed by atoms with Crippen LogP contribution < -0.4 is 5.32 Å². The summed E-state index contributed by atoms with van der Waals surface area (Å²) in [5, 5.41) is 12.7. The summed E-state index contributed by atoms with van der Waals surface area (Å²) < 4.78 is 10.8. The van der Waals surface area contributed by atoms with E-state index in [9.17, 15) is 5.11 Å². The highest BCUT2D eigenvalue weighted by molar-refractivity contribution is 5.58. The third kappa shape index (κ3) is 3.93. The van der Waals surface area contributed by atoms with Gasteiger partial charge in [0.2, 0.25) is 0 Å². The number of aliphatic hydroxyl groups excluding tert-OH is 1. The van der Waals surface area contributed by atoms with Gasteiger partial charge in [0.25, 0.3) is 0 Å². The monoisotopic (exact) mass is 275 g/mol. The first-order chi connectivity index (χ1) is 9.70. The van der Waals surface area contributed by atoms with Crippen molar-refractivity contribution in [1.82, 2.24) is 5.32 Å². The summed E-state index contributed by atoms with van der Waals surface area (Å²) in [6, 6.07) is 11.7. The van der Waals surface area contributed by atoms with E-state index < -0.39 is 6.10 Å². The molecule has 4 heteroatoms. The molecule has 0 unspecified atom stereocenters. The summed E-state index contributed by atoms with van der Waals surface area (Å²) in [4.78, 5) is 0. The van der Waals surface area contributed by atoms with Crippen LogP contribution in [0, 0.1) is 0 Å². The molecule has 0 spiro atoms. The molecule has 1 aromatic carbocycles. The van der Waals surface area contributed by atoms with Crippen LogP contribution in [0.15, 0.2) is 40.8 Å². The van der Waals surface area contributed by atoms with Crippen LogP contribution in [0.25, 0.3) is 11.3 Å². The maximum absolute atomic E-state index is 9.49. The molecule has 0 aliphatic carbocycles. The van der Waals surface area contributed by atoms with Crippen LogP contribution in [0.3, 0.4) is 0 Å². The summed E-state index contributed by atoms with van der Waals surface area (Å²) in [6.45, 7) is 3.94. The molecule has 2 rings (SSSR count). The number of rotatable bonds is 7. The number of furan rings is 1. The average Bonchev–Trinajstić information content (AvgIpc) is 2.92. The topological polar surface area (TPSA) is 54.6 Å². The molecular formula is C16H21NO3. The van der Waals surface area contributed by atoms with Gasteiger partial charge in [-0.15, -0.1) is 0 Å². The van der Waals surface area contributed by atoms with E-state index in [1.54, 1.807) is 14.0 Å². The van der Waals surface area contributed by atoms with Crippen molar-refractivity contribution in [3.8, 4) is 11.3 Å². The van der Waals surface area contributed by atoms with E-state index in [1.165, 1.54) is 0 Å². The first-order valence-corrected chi connectivity index (χ1v) is 6.77. The van der Waals surface area contributed by atoms with Gasteiger partial charge in [0, 0.05) is 19.2 Å². The number of benzene rings is 1. The Labute approximate surface area is 119 Å². The van der Waals surface area contributed by atoms with Gasteiger partial charge in [-0.1, -0.05) is 24.3 Å². The Morgan fingerprint density at radius 3 is 2.60 bits per heavy atom. The van der Waals surface area contributed by atoms with Gasteiger partial charge < -0.3 is 19.6 Å². The second-order valence-corrected chi connectivity index (χ2v) is 4.73. The molecule has 1 aromatic heterocycles. The molecule has 1 atom stereocenters. The molecule has 0 fully saturated rings. The standard InChI is InChI=1S/C16H21NO3/c1-12(18)13-3-5-14(6-4-13)16-8-7-15(20-16)11-17-9-10-19-2/h3-8,12,17-18H,9-11H2,1-2H3/t12-/m0/s1. The molecule has 4 nitrogen and oxygen atoms in total. The van der Waals surface area contributed by atoms with Gasteiger partial charge >= 0.3 is 0 Å². The molecule has 20 heavy (non-hydrogen) atoms. The van der Waals surface area contributed by atoms with Crippen LogP contribution in [0.5, 0.6) is 0 Å². The van der Waals surface area contributed by atoms with E-state index in [0.29, 0.717) is 13.2 Å². The minimum absolute atomic E-state index is 0.443. The lowest BCUT2D eigenvalue weighted by Gasteiger charge is -2.05. The Balaban J connectivity index is 1.97. The normalized spacial score (nSPS) is 12.6. The smallest absolute Gasteiger partial charge is 0.134 e. The highest BCUT2D eigenvalue weighted by Crippen LogP contribution is 2.24. The molecule has 0 bridgehead atoms. The number of hydrogen-bond donors (Lipinski definition) is 2. The maximum atomic E-state index is 9.49. The molecule has 1 heterocycles. The zero-order chi connectivity index (χ0) is 14.4. The summed E-state index contributed by atoms with van der Waals surface area (Å²) in [5.41, 5.74) is 1.92. The predicted octanol–water partition coefficient (Wildman–Crippen LogP) is 2.74. The highest BCUT2D eigenvalue weighted by atomic mass is 16.5. The highest BCUT2D eigenvalue weighted by Gasteiger charge is 2.06. The first kappa shape index (κ1) is 14.8. The van der Waals surface area contributed by atoms with Crippen molar-refractivity contribution in [2.45, 2.75) is 19.6 Å². The van der Waals surface area contributed by atoms with Crippen LogP contribution in [-0.4, -0.2) is 25.4 Å². The van der Waals surface area contributed by atoms with Crippen molar-refractivity contribution in [1.29, 1.82) is 0 Å². The number of ether oxygens (including phenoxy) is 1. The van der Waals surface area contributed by atoms with E-state index in [2.05, 4.69) is 5.32 Å². The van der Waals surface area contributed by atoms with E-state index in [1.807, 2.05) is 36.4 Å².